The molecule has 10 heavy (non-hydrogen) atoms. The molecule has 4 heteroatoms. The van der Waals surface area contributed by atoms with Crippen molar-refractivity contribution in [2.24, 2.45) is 7.05 Å². The molecule has 1 rings (SSSR count). The van der Waals surface area contributed by atoms with E-state index in [0.29, 0.717) is 5.02 Å². The first kappa shape index (κ1) is 7.63. The largest absolute Gasteiger partial charge is 0.316 e. The van der Waals surface area contributed by atoms with Crippen LogP contribution in [0.5, 0.6) is 0 Å². The van der Waals surface area contributed by atoms with Crippen LogP contribution in [0.2, 0.25) is 10.0 Å². The van der Waals surface area contributed by atoms with Gasteiger partial charge in [-0.2, -0.15) is 0 Å². The highest BCUT2D eigenvalue weighted by Crippen LogP contribution is 2.09. The molecule has 2 nitrogen and oxygen atoms in total. The molecule has 0 bridgehead atoms. The summed E-state index contributed by atoms with van der Waals surface area (Å²) in [6, 6.07) is 1.42. The molecule has 0 aromatic carbocycles. The van der Waals surface area contributed by atoms with Crippen LogP contribution < -0.4 is 5.56 Å². The minimum absolute atomic E-state index is 0.148. The third-order valence-corrected chi connectivity index (χ3v) is 1.58. The van der Waals surface area contributed by atoms with Crippen LogP contribution in [-0.2, 0) is 7.05 Å². The average Bonchev–Trinajstić information content (AvgIpc) is 1.82. The molecule has 1 aromatic heterocycles. The Hall–Kier alpha value is -0.470. The molecule has 0 saturated carbocycles. The lowest BCUT2D eigenvalue weighted by Gasteiger charge is -1.96. The quantitative estimate of drug-likeness (QED) is 0.592. The van der Waals surface area contributed by atoms with Crippen LogP contribution in [0.3, 0.4) is 0 Å². The lowest BCUT2D eigenvalue weighted by atomic mass is 10.5. The number of pyridine rings is 1. The van der Waals surface area contributed by atoms with Crippen LogP contribution in [0.25, 0.3) is 0 Å². The Balaban J connectivity index is 3.46. The average molecular weight is 178 g/mol. The molecular weight excluding hydrogens is 173 g/mol. The number of aryl methyl sites for hydroxylation is 1. The predicted molar refractivity (Wildman–Crippen MR) is 41.7 cm³/mol. The molecule has 1 heterocycles. The van der Waals surface area contributed by atoms with Crippen LogP contribution >= 0.6 is 23.2 Å². The van der Waals surface area contributed by atoms with E-state index in [1.54, 1.807) is 7.05 Å². The summed E-state index contributed by atoms with van der Waals surface area (Å²) < 4.78 is 1.34. The second kappa shape index (κ2) is 2.64. The molecule has 0 amide bonds. The number of nitrogens with zero attached hydrogens (tertiary/aromatic N) is 1. The minimum atomic E-state index is -0.230. The van der Waals surface area contributed by atoms with E-state index >= 15 is 0 Å². The fourth-order valence-corrected chi connectivity index (χ4v) is 1.19. The highest BCUT2D eigenvalue weighted by atomic mass is 35.5. The second-order valence-electron chi connectivity index (χ2n) is 1.92. The molecule has 0 spiro atoms. The Labute approximate surface area is 68.0 Å². The van der Waals surface area contributed by atoms with E-state index < -0.39 is 0 Å². The summed E-state index contributed by atoms with van der Waals surface area (Å²) in [7, 11) is 1.60. The molecule has 0 saturated heterocycles. The SMILES string of the molecule is Cn1cc(Cl)cc(Cl)c1=O. The van der Waals surface area contributed by atoms with Crippen molar-refractivity contribution in [3.05, 3.63) is 32.7 Å². The molecule has 0 atom stereocenters. The van der Waals surface area contributed by atoms with Crippen molar-refractivity contribution in [2.75, 3.05) is 0 Å². The van der Waals surface area contributed by atoms with E-state index in [9.17, 15) is 4.79 Å². The molecule has 54 valence electrons. The minimum Gasteiger partial charge on any atom is -0.316 e. The van der Waals surface area contributed by atoms with Crippen LogP contribution in [0.1, 0.15) is 0 Å². The van der Waals surface area contributed by atoms with Gasteiger partial charge in [-0.3, -0.25) is 4.79 Å². The van der Waals surface area contributed by atoms with Crippen LogP contribution in [-0.4, -0.2) is 4.57 Å². The Kier molecular flexibility index (Phi) is 2.02. The Bertz CT molecular complexity index is 279. The van der Waals surface area contributed by atoms with Crippen molar-refractivity contribution < 1.29 is 0 Å². The zero-order valence-electron chi connectivity index (χ0n) is 5.27. The summed E-state index contributed by atoms with van der Waals surface area (Å²) in [6.07, 6.45) is 1.51. The molecule has 0 aliphatic carbocycles. The Morgan fingerprint density at radius 2 is 2.10 bits per heavy atom. The number of hydrogen-bond donors (Lipinski definition) is 0. The smallest absolute Gasteiger partial charge is 0.269 e. The lowest BCUT2D eigenvalue weighted by molar-refractivity contribution is 0.861. The summed E-state index contributed by atoms with van der Waals surface area (Å²) in [5.74, 6) is 0. The third-order valence-electron chi connectivity index (χ3n) is 1.11. The molecule has 0 N–H and O–H groups in total. The van der Waals surface area contributed by atoms with E-state index in [-0.39, 0.29) is 10.6 Å². The van der Waals surface area contributed by atoms with Crippen LogP contribution in [0.15, 0.2) is 17.1 Å². The van der Waals surface area contributed by atoms with Gasteiger partial charge in [-0.1, -0.05) is 23.2 Å². The van der Waals surface area contributed by atoms with Crippen molar-refractivity contribution in [2.45, 2.75) is 0 Å². The standard InChI is InChI=1S/C6H5Cl2NO/c1-9-3-4(7)2-5(8)6(9)10/h2-3H,1H3. The zero-order chi connectivity index (χ0) is 7.72. The highest BCUT2D eigenvalue weighted by molar-refractivity contribution is 6.34. The number of hydrogen-bond acceptors (Lipinski definition) is 1. The van der Waals surface area contributed by atoms with Gasteiger partial charge in [-0.05, 0) is 6.07 Å². The topological polar surface area (TPSA) is 22.0 Å². The van der Waals surface area contributed by atoms with E-state index in [1.807, 2.05) is 0 Å². The third kappa shape index (κ3) is 1.33. The second-order valence-corrected chi connectivity index (χ2v) is 2.77. The zero-order valence-corrected chi connectivity index (χ0v) is 6.78. The van der Waals surface area contributed by atoms with Gasteiger partial charge in [0, 0.05) is 13.2 Å². The van der Waals surface area contributed by atoms with Gasteiger partial charge in [-0.25, -0.2) is 0 Å². The fraction of sp³-hybridized carbons (Fsp3) is 0.167. The molecule has 0 unspecified atom stereocenters. The highest BCUT2D eigenvalue weighted by Gasteiger charge is 1.98. The fourth-order valence-electron chi connectivity index (χ4n) is 0.632. The summed E-state index contributed by atoms with van der Waals surface area (Å²) in [6.45, 7) is 0. The van der Waals surface area contributed by atoms with Gasteiger partial charge >= 0.3 is 0 Å². The van der Waals surface area contributed by atoms with E-state index in [1.165, 1.54) is 16.8 Å². The van der Waals surface area contributed by atoms with E-state index in [2.05, 4.69) is 0 Å². The summed E-state index contributed by atoms with van der Waals surface area (Å²) in [5.41, 5.74) is -0.230. The van der Waals surface area contributed by atoms with Crippen molar-refractivity contribution in [3.8, 4) is 0 Å². The van der Waals surface area contributed by atoms with E-state index in [0.717, 1.165) is 0 Å². The maximum Gasteiger partial charge on any atom is 0.269 e. The number of halogens is 2. The van der Waals surface area contributed by atoms with E-state index in [4.69, 9.17) is 23.2 Å². The number of aromatic nitrogens is 1. The molecule has 0 aliphatic heterocycles. The molecule has 0 aliphatic rings. The van der Waals surface area contributed by atoms with Gasteiger partial charge in [0.05, 0.1) is 5.02 Å². The summed E-state index contributed by atoms with van der Waals surface area (Å²) in [4.78, 5) is 10.9. The van der Waals surface area contributed by atoms with Crippen molar-refractivity contribution in [1.29, 1.82) is 0 Å². The van der Waals surface area contributed by atoms with Crippen molar-refractivity contribution >= 4 is 23.2 Å². The monoisotopic (exact) mass is 177 g/mol. The molecular formula is C6H5Cl2NO. The van der Waals surface area contributed by atoms with Crippen LogP contribution in [0, 0.1) is 0 Å². The molecule has 0 fully saturated rings. The first-order valence-corrected chi connectivity index (χ1v) is 3.38. The van der Waals surface area contributed by atoms with Crippen molar-refractivity contribution in [1.82, 2.24) is 4.57 Å². The molecule has 1 aromatic rings. The summed E-state index contributed by atoms with van der Waals surface area (Å²) in [5, 5.41) is 0.613. The summed E-state index contributed by atoms with van der Waals surface area (Å²) >= 11 is 11.1. The van der Waals surface area contributed by atoms with Gasteiger partial charge in [0.15, 0.2) is 0 Å². The normalized spacial score (nSPS) is 9.90. The van der Waals surface area contributed by atoms with Gasteiger partial charge in [0.1, 0.15) is 5.02 Å². The maximum atomic E-state index is 10.9. The maximum absolute atomic E-state index is 10.9. The number of rotatable bonds is 0. The van der Waals surface area contributed by atoms with Gasteiger partial charge in [0.25, 0.3) is 5.56 Å². The first-order valence-electron chi connectivity index (χ1n) is 2.63. The van der Waals surface area contributed by atoms with Crippen LogP contribution in [0.4, 0.5) is 0 Å². The van der Waals surface area contributed by atoms with Gasteiger partial charge < -0.3 is 4.57 Å². The predicted octanol–water partition coefficient (Wildman–Crippen LogP) is 1.69. The Morgan fingerprint density at radius 1 is 1.50 bits per heavy atom. The van der Waals surface area contributed by atoms with Gasteiger partial charge in [-0.15, -0.1) is 0 Å². The first-order chi connectivity index (χ1) is 4.61. The Morgan fingerprint density at radius 3 is 2.60 bits per heavy atom. The molecule has 0 radical (unpaired) electrons. The van der Waals surface area contributed by atoms with Crippen molar-refractivity contribution in [3.63, 3.8) is 0 Å². The lowest BCUT2D eigenvalue weighted by Crippen LogP contribution is -2.15. The van der Waals surface area contributed by atoms with Gasteiger partial charge in [0.2, 0.25) is 0 Å².